The summed E-state index contributed by atoms with van der Waals surface area (Å²) in [6.45, 7) is 1.22. The van der Waals surface area contributed by atoms with Crippen molar-refractivity contribution in [2.75, 3.05) is 5.75 Å². The minimum Gasteiger partial charge on any atom is -0.452 e. The SMILES string of the molecule is CCS(=O)(=O)c1ccccc1C(=O)OCc1nc(-c2cccc(Cl)c2)no1. The number of carbonyl (C=O) groups is 1. The summed E-state index contributed by atoms with van der Waals surface area (Å²) in [4.78, 5) is 16.4. The van der Waals surface area contributed by atoms with E-state index in [1.54, 1.807) is 36.4 Å². The lowest BCUT2D eigenvalue weighted by molar-refractivity contribution is 0.0425. The summed E-state index contributed by atoms with van der Waals surface area (Å²) in [5, 5.41) is 4.34. The van der Waals surface area contributed by atoms with Gasteiger partial charge in [-0.3, -0.25) is 0 Å². The molecule has 27 heavy (non-hydrogen) atoms. The van der Waals surface area contributed by atoms with Crippen LogP contribution < -0.4 is 0 Å². The molecular formula is C18H15ClN2O5S. The molecule has 0 N–H and O–H groups in total. The normalized spacial score (nSPS) is 11.3. The third kappa shape index (κ3) is 4.35. The van der Waals surface area contributed by atoms with Crippen molar-refractivity contribution in [2.45, 2.75) is 18.4 Å². The van der Waals surface area contributed by atoms with Crippen LogP contribution in [0.4, 0.5) is 0 Å². The van der Waals surface area contributed by atoms with Crippen molar-refractivity contribution < 1.29 is 22.5 Å². The molecule has 0 fully saturated rings. The molecule has 0 unspecified atom stereocenters. The van der Waals surface area contributed by atoms with Gasteiger partial charge in [0.1, 0.15) is 0 Å². The van der Waals surface area contributed by atoms with E-state index in [2.05, 4.69) is 10.1 Å². The Morgan fingerprint density at radius 1 is 1.19 bits per heavy atom. The van der Waals surface area contributed by atoms with Gasteiger partial charge in [0.15, 0.2) is 16.4 Å². The molecule has 0 radical (unpaired) electrons. The first-order chi connectivity index (χ1) is 12.9. The van der Waals surface area contributed by atoms with Gasteiger partial charge in [0.05, 0.1) is 16.2 Å². The fraction of sp³-hybridized carbons (Fsp3) is 0.167. The molecule has 0 aliphatic rings. The third-order valence-electron chi connectivity index (χ3n) is 3.70. The van der Waals surface area contributed by atoms with Crippen LogP contribution in [0.2, 0.25) is 5.02 Å². The van der Waals surface area contributed by atoms with E-state index in [1.165, 1.54) is 19.1 Å². The number of halogens is 1. The van der Waals surface area contributed by atoms with Crippen LogP contribution in [-0.2, 0) is 21.2 Å². The molecule has 2 aromatic carbocycles. The number of hydrogen-bond acceptors (Lipinski definition) is 7. The van der Waals surface area contributed by atoms with Crippen LogP contribution in [0, 0.1) is 0 Å². The minimum atomic E-state index is -3.56. The van der Waals surface area contributed by atoms with Gasteiger partial charge in [-0.1, -0.05) is 47.9 Å². The topological polar surface area (TPSA) is 99.4 Å². The molecule has 0 atom stereocenters. The average Bonchev–Trinajstić information content (AvgIpc) is 3.15. The van der Waals surface area contributed by atoms with E-state index < -0.39 is 15.8 Å². The largest absolute Gasteiger partial charge is 0.452 e. The Morgan fingerprint density at radius 3 is 2.70 bits per heavy atom. The van der Waals surface area contributed by atoms with Crippen LogP contribution in [-0.4, -0.2) is 30.3 Å². The lowest BCUT2D eigenvalue weighted by atomic mass is 10.2. The first-order valence-electron chi connectivity index (χ1n) is 7.98. The summed E-state index contributed by atoms with van der Waals surface area (Å²) >= 11 is 5.93. The summed E-state index contributed by atoms with van der Waals surface area (Å²) in [5.74, 6) is -0.527. The fourth-order valence-electron chi connectivity index (χ4n) is 2.33. The van der Waals surface area contributed by atoms with Crippen LogP contribution in [0.25, 0.3) is 11.4 Å². The lowest BCUT2D eigenvalue weighted by Gasteiger charge is -2.08. The molecule has 3 rings (SSSR count). The Labute approximate surface area is 160 Å². The molecule has 0 spiro atoms. The van der Waals surface area contributed by atoms with Crippen molar-refractivity contribution in [2.24, 2.45) is 0 Å². The standard InChI is InChI=1S/C18H15ClN2O5S/c1-2-27(23,24)15-9-4-3-8-14(15)18(22)25-11-16-20-17(21-26-16)12-6-5-7-13(19)10-12/h3-10H,2,11H2,1H3. The molecule has 7 nitrogen and oxygen atoms in total. The van der Waals surface area contributed by atoms with Gasteiger partial charge in [-0.15, -0.1) is 0 Å². The number of rotatable bonds is 6. The molecule has 1 heterocycles. The van der Waals surface area contributed by atoms with Gasteiger partial charge in [0.2, 0.25) is 5.82 Å². The van der Waals surface area contributed by atoms with E-state index in [9.17, 15) is 13.2 Å². The fourth-order valence-corrected chi connectivity index (χ4v) is 3.60. The van der Waals surface area contributed by atoms with Gasteiger partial charge in [-0.05, 0) is 24.3 Å². The van der Waals surface area contributed by atoms with E-state index in [1.807, 2.05) is 0 Å². The van der Waals surface area contributed by atoms with Gasteiger partial charge in [-0.25, -0.2) is 13.2 Å². The van der Waals surface area contributed by atoms with Gasteiger partial charge in [0.25, 0.3) is 5.89 Å². The zero-order valence-corrected chi connectivity index (χ0v) is 15.8. The highest BCUT2D eigenvalue weighted by atomic mass is 35.5. The molecule has 0 saturated heterocycles. The predicted octanol–water partition coefficient (Wildman–Crippen LogP) is 3.54. The lowest BCUT2D eigenvalue weighted by Crippen LogP contribution is -2.13. The molecule has 3 aromatic rings. The van der Waals surface area contributed by atoms with E-state index >= 15 is 0 Å². The second-order valence-corrected chi connectivity index (χ2v) is 8.18. The summed E-state index contributed by atoms with van der Waals surface area (Å²) in [6, 6.07) is 12.8. The summed E-state index contributed by atoms with van der Waals surface area (Å²) < 4.78 is 34.5. The Morgan fingerprint density at radius 2 is 1.96 bits per heavy atom. The first kappa shape index (κ1) is 19.1. The van der Waals surface area contributed by atoms with Gasteiger partial charge < -0.3 is 9.26 Å². The maximum Gasteiger partial charge on any atom is 0.339 e. The Kier molecular flexibility index (Phi) is 5.57. The van der Waals surface area contributed by atoms with Crippen LogP contribution >= 0.6 is 11.6 Å². The van der Waals surface area contributed by atoms with E-state index in [-0.39, 0.29) is 28.7 Å². The summed E-state index contributed by atoms with van der Waals surface area (Å²) in [7, 11) is -3.56. The summed E-state index contributed by atoms with van der Waals surface area (Å²) in [6.07, 6.45) is 0. The molecule has 9 heteroatoms. The molecule has 0 bridgehead atoms. The molecule has 0 aliphatic heterocycles. The van der Waals surface area contributed by atoms with Crippen molar-refractivity contribution >= 4 is 27.4 Å². The predicted molar refractivity (Wildman–Crippen MR) is 98.0 cm³/mol. The second-order valence-electron chi connectivity index (χ2n) is 5.50. The molecular weight excluding hydrogens is 392 g/mol. The minimum absolute atomic E-state index is 0.0334. The molecule has 140 valence electrons. The third-order valence-corrected chi connectivity index (χ3v) is 5.72. The smallest absolute Gasteiger partial charge is 0.339 e. The quantitative estimate of drug-likeness (QED) is 0.577. The second kappa shape index (κ2) is 7.89. The number of aromatic nitrogens is 2. The average molecular weight is 407 g/mol. The molecule has 0 saturated carbocycles. The van der Waals surface area contributed by atoms with Crippen LogP contribution in [0.1, 0.15) is 23.2 Å². The summed E-state index contributed by atoms with van der Waals surface area (Å²) in [5.41, 5.74) is 0.622. The zero-order chi connectivity index (χ0) is 19.4. The van der Waals surface area contributed by atoms with Crippen LogP contribution in [0.5, 0.6) is 0 Å². The highest BCUT2D eigenvalue weighted by molar-refractivity contribution is 7.91. The van der Waals surface area contributed by atoms with Gasteiger partial charge in [0, 0.05) is 10.6 Å². The van der Waals surface area contributed by atoms with Crippen molar-refractivity contribution in [1.82, 2.24) is 10.1 Å². The maximum atomic E-state index is 12.3. The number of sulfone groups is 1. The number of carbonyl (C=O) groups excluding carboxylic acids is 1. The number of ether oxygens (including phenoxy) is 1. The number of esters is 1. The van der Waals surface area contributed by atoms with Crippen molar-refractivity contribution in [1.29, 1.82) is 0 Å². The molecule has 0 aliphatic carbocycles. The van der Waals surface area contributed by atoms with Crippen molar-refractivity contribution in [3.63, 3.8) is 0 Å². The first-order valence-corrected chi connectivity index (χ1v) is 10.0. The number of nitrogens with zero attached hydrogens (tertiary/aromatic N) is 2. The highest BCUT2D eigenvalue weighted by Gasteiger charge is 2.22. The maximum absolute atomic E-state index is 12.3. The van der Waals surface area contributed by atoms with Crippen LogP contribution in [0.15, 0.2) is 57.9 Å². The zero-order valence-electron chi connectivity index (χ0n) is 14.3. The van der Waals surface area contributed by atoms with Gasteiger partial charge >= 0.3 is 5.97 Å². The Hall–Kier alpha value is -2.71. The van der Waals surface area contributed by atoms with Crippen molar-refractivity contribution in [3.05, 3.63) is 65.0 Å². The van der Waals surface area contributed by atoms with E-state index in [4.69, 9.17) is 20.9 Å². The number of hydrogen-bond donors (Lipinski definition) is 0. The van der Waals surface area contributed by atoms with Crippen molar-refractivity contribution in [3.8, 4) is 11.4 Å². The highest BCUT2D eigenvalue weighted by Crippen LogP contribution is 2.21. The van der Waals surface area contributed by atoms with E-state index in [0.717, 1.165) is 0 Å². The molecule has 1 aromatic heterocycles. The van der Waals surface area contributed by atoms with Gasteiger partial charge in [-0.2, -0.15) is 4.98 Å². The van der Waals surface area contributed by atoms with E-state index in [0.29, 0.717) is 16.4 Å². The molecule has 0 amide bonds. The van der Waals surface area contributed by atoms with Crippen LogP contribution in [0.3, 0.4) is 0 Å². The Bertz CT molecular complexity index is 1080. The Balaban J connectivity index is 1.74. The number of benzene rings is 2. The monoisotopic (exact) mass is 406 g/mol.